The molecule has 0 aromatic heterocycles. The van der Waals surface area contributed by atoms with E-state index in [1.54, 1.807) is 48.8 Å². The Kier molecular flexibility index (Phi) is 11.7. The van der Waals surface area contributed by atoms with Gasteiger partial charge in [-0.3, -0.25) is 9.59 Å². The van der Waals surface area contributed by atoms with Crippen molar-refractivity contribution in [3.8, 4) is 23.0 Å². The summed E-state index contributed by atoms with van der Waals surface area (Å²) in [4.78, 5) is 40.0. The second-order valence-corrected chi connectivity index (χ2v) is 8.40. The second kappa shape index (κ2) is 14.9. The summed E-state index contributed by atoms with van der Waals surface area (Å²) in [5.74, 6) is 0.413. The van der Waals surface area contributed by atoms with Crippen molar-refractivity contribution < 1.29 is 33.6 Å². The van der Waals surface area contributed by atoms with Crippen LogP contribution in [-0.2, 0) is 4.79 Å². The maximum absolute atomic E-state index is 13.2. The molecule has 0 saturated carbocycles. The lowest BCUT2D eigenvalue weighted by molar-refractivity contribution is -0.525. The van der Waals surface area contributed by atoms with E-state index >= 15 is 0 Å². The molecule has 40 heavy (non-hydrogen) atoms. The zero-order valence-electron chi connectivity index (χ0n) is 23.0. The molecule has 0 bridgehead atoms. The number of hydrogen-bond donors (Lipinski definition) is 4. The van der Waals surface area contributed by atoms with Gasteiger partial charge in [-0.05, 0) is 61.2 Å². The Morgan fingerprint density at radius 3 is 2.23 bits per heavy atom. The average molecular weight is 559 g/mol. The Balaban J connectivity index is 2.17. The number of Topliss-reactive ketones (excluding diaryl/α,β-unsaturated/α-hetero) is 1. The summed E-state index contributed by atoms with van der Waals surface area (Å²) in [6, 6.07) is 7.31. The van der Waals surface area contributed by atoms with Gasteiger partial charge in [-0.2, -0.15) is 0 Å². The van der Waals surface area contributed by atoms with Gasteiger partial charge in [0.2, 0.25) is 11.7 Å². The number of nitro groups is 1. The number of carbonyl (C=O) groups is 2. The first-order chi connectivity index (χ1) is 19.0. The lowest BCUT2D eigenvalue weighted by atomic mass is 10.0. The molecule has 0 saturated heterocycles. The van der Waals surface area contributed by atoms with Crippen molar-refractivity contribution in [3.63, 3.8) is 0 Å². The minimum absolute atomic E-state index is 0.149. The van der Waals surface area contributed by atoms with Crippen LogP contribution < -0.4 is 41.2 Å². The van der Waals surface area contributed by atoms with E-state index in [0.717, 1.165) is 0 Å². The number of benzene rings is 2. The van der Waals surface area contributed by atoms with Gasteiger partial charge in [0.1, 0.15) is 5.75 Å². The second-order valence-electron chi connectivity index (χ2n) is 8.40. The lowest BCUT2D eigenvalue weighted by Crippen LogP contribution is -2.37. The van der Waals surface area contributed by atoms with E-state index in [-0.39, 0.29) is 24.7 Å². The monoisotopic (exact) mass is 558 g/mol. The molecule has 1 amide bonds. The van der Waals surface area contributed by atoms with Gasteiger partial charge < -0.3 is 35.7 Å². The van der Waals surface area contributed by atoms with Gasteiger partial charge in [0.25, 0.3) is 5.96 Å². The Bertz CT molecular complexity index is 1270. The van der Waals surface area contributed by atoms with Gasteiger partial charge in [0, 0.05) is 12.1 Å². The quantitative estimate of drug-likeness (QED) is 0.0503. The average Bonchev–Trinajstić information content (AvgIpc) is 2.93. The summed E-state index contributed by atoms with van der Waals surface area (Å²) in [5, 5.41) is 12.3. The Labute approximate surface area is 231 Å². The largest absolute Gasteiger partial charge is 0.495 e. The molecule has 0 aliphatic heterocycles. The smallest absolute Gasteiger partial charge is 0.251 e. The van der Waals surface area contributed by atoms with Gasteiger partial charge in [-0.15, -0.1) is 0 Å². The van der Waals surface area contributed by atoms with Crippen molar-refractivity contribution in [1.82, 2.24) is 5.43 Å². The number of anilines is 1. The fraction of sp³-hybridized carbons (Fsp3) is 0.346. The number of ether oxygens (including phenoxy) is 4. The number of ketones is 1. The number of hydrazine groups is 1. The summed E-state index contributed by atoms with van der Waals surface area (Å²) in [6.07, 6.45) is 2.30. The van der Waals surface area contributed by atoms with Crippen molar-refractivity contribution >= 4 is 29.4 Å². The number of nitrogens with one attached hydrogen (secondary N) is 2. The molecule has 14 heteroatoms. The molecule has 0 unspecified atom stereocenters. The number of amides is 1. The number of nitrogens with zero attached hydrogens (tertiary/aromatic N) is 2. The van der Waals surface area contributed by atoms with Gasteiger partial charge in [0.05, 0.1) is 40.2 Å². The van der Waals surface area contributed by atoms with E-state index in [2.05, 4.69) is 10.3 Å². The van der Waals surface area contributed by atoms with Crippen LogP contribution in [0.3, 0.4) is 0 Å². The van der Waals surface area contributed by atoms with Crippen LogP contribution in [0.5, 0.6) is 23.0 Å². The minimum atomic E-state index is -0.882. The summed E-state index contributed by atoms with van der Waals surface area (Å²) in [5.41, 5.74) is 14.8. The zero-order chi connectivity index (χ0) is 29.8. The van der Waals surface area contributed by atoms with Crippen LogP contribution in [0.15, 0.2) is 40.9 Å². The zero-order valence-corrected chi connectivity index (χ0v) is 23.0. The van der Waals surface area contributed by atoms with Crippen LogP contribution in [0.1, 0.15) is 35.7 Å². The maximum Gasteiger partial charge on any atom is 0.251 e. The highest BCUT2D eigenvalue weighted by Crippen LogP contribution is 2.38. The Hall–Kier alpha value is -4.85. The van der Waals surface area contributed by atoms with Crippen molar-refractivity contribution in [2.45, 2.75) is 25.8 Å². The van der Waals surface area contributed by atoms with E-state index in [1.165, 1.54) is 28.4 Å². The molecule has 2 aromatic rings. The lowest BCUT2D eigenvalue weighted by Gasteiger charge is -2.15. The highest BCUT2D eigenvalue weighted by Gasteiger charge is 2.19. The number of rotatable bonds is 14. The Morgan fingerprint density at radius 1 is 1.05 bits per heavy atom. The van der Waals surface area contributed by atoms with Gasteiger partial charge in [0.15, 0.2) is 22.3 Å². The predicted molar refractivity (Wildman–Crippen MR) is 150 cm³/mol. The van der Waals surface area contributed by atoms with Crippen molar-refractivity contribution in [1.29, 1.82) is 0 Å². The number of nitrogens with two attached hydrogens (primary N) is 2. The molecule has 1 atom stereocenters. The van der Waals surface area contributed by atoms with E-state index in [0.29, 0.717) is 51.8 Å². The normalized spacial score (nSPS) is 12.2. The molecule has 0 spiro atoms. The van der Waals surface area contributed by atoms with E-state index in [1.807, 2.05) is 0 Å². The SMILES string of the molecule is COc1ccc(/C=C(\C)C(=O)c2cc(OC)c(OC)c(OC)c2)cc1NC(=O)[C@@H](N)CCCN=C(N)N[N+](=O)[O-]. The molecular weight excluding hydrogens is 524 g/mol. The predicted octanol–water partition coefficient (Wildman–Crippen LogP) is 2.15. The van der Waals surface area contributed by atoms with Gasteiger partial charge in [-0.25, -0.2) is 15.1 Å². The van der Waals surface area contributed by atoms with E-state index in [9.17, 15) is 19.7 Å². The summed E-state index contributed by atoms with van der Waals surface area (Å²) < 4.78 is 21.4. The minimum Gasteiger partial charge on any atom is -0.495 e. The van der Waals surface area contributed by atoms with E-state index < -0.39 is 17.0 Å². The third-order valence-corrected chi connectivity index (χ3v) is 5.65. The molecule has 0 radical (unpaired) electrons. The summed E-state index contributed by atoms with van der Waals surface area (Å²) >= 11 is 0. The van der Waals surface area contributed by atoms with Gasteiger partial charge in [-0.1, -0.05) is 11.5 Å². The molecule has 0 aliphatic carbocycles. The number of methoxy groups -OCH3 is 4. The molecular formula is C26H34N6O8. The third kappa shape index (κ3) is 8.59. The molecule has 0 fully saturated rings. The van der Waals surface area contributed by atoms with Crippen LogP contribution in [0, 0.1) is 10.1 Å². The maximum atomic E-state index is 13.2. The fourth-order valence-electron chi connectivity index (χ4n) is 3.66. The molecule has 216 valence electrons. The van der Waals surface area contributed by atoms with Crippen LogP contribution in [0.2, 0.25) is 0 Å². The molecule has 0 aliphatic rings. The first-order valence-corrected chi connectivity index (χ1v) is 12.0. The van der Waals surface area contributed by atoms with Crippen molar-refractivity contribution in [2.24, 2.45) is 16.5 Å². The Morgan fingerprint density at radius 2 is 1.68 bits per heavy atom. The third-order valence-electron chi connectivity index (χ3n) is 5.65. The first kappa shape index (κ1) is 31.4. The molecule has 0 heterocycles. The summed E-state index contributed by atoms with van der Waals surface area (Å²) in [6.45, 7) is 1.82. The van der Waals surface area contributed by atoms with Crippen LogP contribution in [0.4, 0.5) is 5.69 Å². The molecule has 6 N–H and O–H groups in total. The number of hydrogen-bond acceptors (Lipinski definition) is 10. The standard InChI is InChI=1S/C26H34N6O8/c1-15(23(33)17-13-21(38-3)24(40-5)22(14-17)39-4)11-16-8-9-20(37-2)19(12-16)30-25(34)18(27)7-6-10-29-26(28)31-32(35)36/h8-9,11-14,18H,6-7,10,27H2,1-5H3,(H,30,34)(H3,28,29,31)/b15-11+/t18-/m0/s1. The number of carbonyl (C=O) groups excluding carboxylic acids is 2. The van der Waals surface area contributed by atoms with E-state index in [4.69, 9.17) is 30.4 Å². The molecule has 14 nitrogen and oxygen atoms in total. The highest BCUT2D eigenvalue weighted by molar-refractivity contribution is 6.11. The highest BCUT2D eigenvalue weighted by atomic mass is 16.7. The first-order valence-electron chi connectivity index (χ1n) is 12.0. The van der Waals surface area contributed by atoms with Crippen LogP contribution >= 0.6 is 0 Å². The summed E-state index contributed by atoms with van der Waals surface area (Å²) in [7, 11) is 5.87. The topological polar surface area (TPSA) is 203 Å². The van der Waals surface area contributed by atoms with Crippen LogP contribution in [0.25, 0.3) is 6.08 Å². The van der Waals surface area contributed by atoms with Crippen molar-refractivity contribution in [2.75, 3.05) is 40.3 Å². The molecule has 2 rings (SSSR count). The molecule has 2 aromatic carbocycles. The number of aliphatic imine (C=N–C) groups is 1. The van der Waals surface area contributed by atoms with Gasteiger partial charge >= 0.3 is 0 Å². The number of guanidine groups is 1. The number of allylic oxidation sites excluding steroid dienone is 1. The fourth-order valence-corrected chi connectivity index (χ4v) is 3.66. The van der Waals surface area contributed by atoms with Crippen molar-refractivity contribution in [3.05, 3.63) is 57.1 Å². The van der Waals surface area contributed by atoms with Crippen LogP contribution in [-0.4, -0.2) is 63.7 Å².